The second-order valence-electron chi connectivity index (χ2n) is 4.08. The van der Waals surface area contributed by atoms with Crippen LogP contribution in [0.15, 0.2) is 21.0 Å². The SMILES string of the molecule is Cc1cn([C@H]2CC[C@@H](CN=O)O2)c(=O)[nH]c1=O. The van der Waals surface area contributed by atoms with Gasteiger partial charge >= 0.3 is 5.69 Å². The molecule has 0 unspecified atom stereocenters. The molecule has 1 N–H and O–H groups in total. The minimum atomic E-state index is -0.495. The van der Waals surface area contributed by atoms with E-state index in [2.05, 4.69) is 10.2 Å². The fourth-order valence-corrected chi connectivity index (χ4v) is 1.91. The number of rotatable bonds is 3. The van der Waals surface area contributed by atoms with E-state index in [1.54, 1.807) is 6.92 Å². The Balaban J connectivity index is 2.24. The van der Waals surface area contributed by atoms with Crippen molar-refractivity contribution in [1.29, 1.82) is 0 Å². The van der Waals surface area contributed by atoms with Crippen LogP contribution < -0.4 is 11.2 Å². The Morgan fingerprint density at radius 1 is 1.53 bits per heavy atom. The molecule has 92 valence electrons. The van der Waals surface area contributed by atoms with Gasteiger partial charge in [0.1, 0.15) is 12.8 Å². The van der Waals surface area contributed by atoms with Crippen LogP contribution in [0.4, 0.5) is 0 Å². The number of hydrogen-bond donors (Lipinski definition) is 1. The minimum Gasteiger partial charge on any atom is -0.353 e. The Bertz CT molecular complexity index is 533. The molecule has 2 atom stereocenters. The summed E-state index contributed by atoms with van der Waals surface area (Å²) in [5, 5.41) is 2.78. The Hall–Kier alpha value is -1.76. The fourth-order valence-electron chi connectivity index (χ4n) is 1.91. The molecule has 0 saturated carbocycles. The highest BCUT2D eigenvalue weighted by Crippen LogP contribution is 2.26. The summed E-state index contributed by atoms with van der Waals surface area (Å²) < 4.78 is 6.86. The molecule has 0 spiro atoms. The molecule has 1 aromatic heterocycles. The van der Waals surface area contributed by atoms with Gasteiger partial charge < -0.3 is 4.74 Å². The molecule has 1 aliphatic heterocycles. The zero-order valence-corrected chi connectivity index (χ0v) is 9.38. The quantitative estimate of drug-likeness (QED) is 0.767. The van der Waals surface area contributed by atoms with E-state index < -0.39 is 17.5 Å². The predicted octanol–water partition coefficient (Wildman–Crippen LogP) is 0.289. The maximum Gasteiger partial charge on any atom is 0.330 e. The van der Waals surface area contributed by atoms with Gasteiger partial charge in [-0.2, -0.15) is 4.91 Å². The summed E-state index contributed by atoms with van der Waals surface area (Å²) in [5.74, 6) is 0. The van der Waals surface area contributed by atoms with Crippen molar-refractivity contribution in [3.63, 3.8) is 0 Å². The highest BCUT2D eigenvalue weighted by Gasteiger charge is 2.27. The number of hydrogen-bond acceptors (Lipinski definition) is 5. The molecule has 7 nitrogen and oxygen atoms in total. The zero-order chi connectivity index (χ0) is 12.4. The van der Waals surface area contributed by atoms with E-state index in [-0.39, 0.29) is 12.6 Å². The first kappa shape index (κ1) is 11.7. The van der Waals surface area contributed by atoms with Crippen LogP contribution in [0.25, 0.3) is 0 Å². The van der Waals surface area contributed by atoms with Crippen LogP contribution in [0.3, 0.4) is 0 Å². The molecule has 0 amide bonds. The summed E-state index contributed by atoms with van der Waals surface area (Å²) in [5.41, 5.74) is -0.439. The van der Waals surface area contributed by atoms with E-state index in [1.807, 2.05) is 0 Å². The predicted molar refractivity (Wildman–Crippen MR) is 59.9 cm³/mol. The van der Waals surface area contributed by atoms with Gasteiger partial charge in [-0.25, -0.2) is 4.79 Å². The maximum atomic E-state index is 11.6. The Labute approximate surface area is 96.4 Å². The third-order valence-electron chi connectivity index (χ3n) is 2.82. The highest BCUT2D eigenvalue weighted by molar-refractivity contribution is 5.01. The lowest BCUT2D eigenvalue weighted by molar-refractivity contribution is 0.00358. The topological polar surface area (TPSA) is 93.5 Å². The third kappa shape index (κ3) is 2.33. The molecule has 17 heavy (non-hydrogen) atoms. The van der Waals surface area contributed by atoms with Gasteiger partial charge in [-0.1, -0.05) is 5.18 Å². The Morgan fingerprint density at radius 2 is 2.29 bits per heavy atom. The normalized spacial score (nSPS) is 23.8. The van der Waals surface area contributed by atoms with Gasteiger partial charge in [0.2, 0.25) is 0 Å². The number of aryl methyl sites for hydroxylation is 1. The van der Waals surface area contributed by atoms with Crippen molar-refractivity contribution in [3.05, 3.63) is 37.5 Å². The number of ether oxygens (including phenoxy) is 1. The summed E-state index contributed by atoms with van der Waals surface area (Å²) in [4.78, 5) is 35.1. The van der Waals surface area contributed by atoms with Crippen LogP contribution in [0.1, 0.15) is 24.6 Å². The summed E-state index contributed by atoms with van der Waals surface area (Å²) in [6, 6.07) is 0. The molecule has 0 aliphatic carbocycles. The number of nitroso groups, excluding NO2 is 1. The van der Waals surface area contributed by atoms with E-state index >= 15 is 0 Å². The monoisotopic (exact) mass is 239 g/mol. The second-order valence-corrected chi connectivity index (χ2v) is 4.08. The number of H-pyrrole nitrogens is 1. The average Bonchev–Trinajstić information content (AvgIpc) is 2.72. The van der Waals surface area contributed by atoms with E-state index in [0.717, 1.165) is 0 Å². The van der Waals surface area contributed by atoms with Crippen molar-refractivity contribution in [2.75, 3.05) is 6.54 Å². The molecule has 1 aliphatic rings. The van der Waals surface area contributed by atoms with Gasteiger partial charge in [0.15, 0.2) is 0 Å². The molecule has 0 bridgehead atoms. The summed E-state index contributed by atoms with van der Waals surface area (Å²) in [6.07, 6.45) is 2.12. The van der Waals surface area contributed by atoms with Crippen molar-refractivity contribution in [2.45, 2.75) is 32.1 Å². The first-order valence-corrected chi connectivity index (χ1v) is 5.38. The van der Waals surface area contributed by atoms with Crippen LogP contribution in [0.5, 0.6) is 0 Å². The smallest absolute Gasteiger partial charge is 0.330 e. The van der Waals surface area contributed by atoms with Crippen molar-refractivity contribution in [3.8, 4) is 0 Å². The highest BCUT2D eigenvalue weighted by atomic mass is 16.5. The van der Waals surface area contributed by atoms with Gasteiger partial charge in [0, 0.05) is 11.8 Å². The standard InChI is InChI=1S/C10H13N3O4/c1-6-5-13(10(15)12-9(6)14)8-3-2-7(17-8)4-11-16/h5,7-8H,2-4H2,1H3,(H,12,14,15)/t7-,8+/m0/s1. The van der Waals surface area contributed by atoms with Crippen LogP contribution in [-0.2, 0) is 4.74 Å². The molecular weight excluding hydrogens is 226 g/mol. The molecule has 1 fully saturated rings. The summed E-state index contributed by atoms with van der Waals surface area (Å²) in [6.45, 7) is 1.71. The van der Waals surface area contributed by atoms with Gasteiger partial charge in [-0.15, -0.1) is 0 Å². The number of nitrogens with one attached hydrogen (secondary N) is 1. The fraction of sp³-hybridized carbons (Fsp3) is 0.600. The molecule has 0 radical (unpaired) electrons. The van der Waals surface area contributed by atoms with Crippen molar-refractivity contribution in [2.24, 2.45) is 5.18 Å². The number of nitrogens with zero attached hydrogens (tertiary/aromatic N) is 2. The van der Waals surface area contributed by atoms with Crippen LogP contribution >= 0.6 is 0 Å². The van der Waals surface area contributed by atoms with Gasteiger partial charge in [0.25, 0.3) is 5.56 Å². The summed E-state index contributed by atoms with van der Waals surface area (Å²) >= 11 is 0. The molecule has 2 heterocycles. The third-order valence-corrected chi connectivity index (χ3v) is 2.82. The van der Waals surface area contributed by atoms with Gasteiger partial charge in [-0.3, -0.25) is 14.3 Å². The first-order chi connectivity index (χ1) is 8.11. The maximum absolute atomic E-state index is 11.6. The summed E-state index contributed by atoms with van der Waals surface area (Å²) in [7, 11) is 0. The van der Waals surface area contributed by atoms with E-state index in [9.17, 15) is 14.5 Å². The van der Waals surface area contributed by atoms with Gasteiger partial charge in [-0.05, 0) is 19.8 Å². The largest absolute Gasteiger partial charge is 0.353 e. The molecule has 2 rings (SSSR count). The van der Waals surface area contributed by atoms with E-state index in [0.29, 0.717) is 18.4 Å². The van der Waals surface area contributed by atoms with Crippen LogP contribution in [-0.4, -0.2) is 22.2 Å². The zero-order valence-electron chi connectivity index (χ0n) is 9.38. The lowest BCUT2D eigenvalue weighted by Crippen LogP contribution is -2.33. The molecule has 1 aromatic rings. The van der Waals surface area contributed by atoms with Crippen molar-refractivity contribution in [1.82, 2.24) is 9.55 Å². The van der Waals surface area contributed by atoms with Crippen LogP contribution in [0, 0.1) is 11.8 Å². The number of aromatic nitrogens is 2. The molecule has 0 aromatic carbocycles. The number of aromatic amines is 1. The first-order valence-electron chi connectivity index (χ1n) is 5.38. The molecule has 7 heteroatoms. The lowest BCUT2D eigenvalue weighted by atomic mass is 10.2. The lowest BCUT2D eigenvalue weighted by Gasteiger charge is -2.14. The van der Waals surface area contributed by atoms with Gasteiger partial charge in [0.05, 0.1) is 6.10 Å². The van der Waals surface area contributed by atoms with E-state index in [1.165, 1.54) is 10.8 Å². The molecule has 1 saturated heterocycles. The molecular formula is C10H13N3O4. The van der Waals surface area contributed by atoms with E-state index in [4.69, 9.17) is 4.74 Å². The van der Waals surface area contributed by atoms with Crippen LogP contribution in [0.2, 0.25) is 0 Å². The van der Waals surface area contributed by atoms with Crippen molar-refractivity contribution >= 4 is 0 Å². The minimum absolute atomic E-state index is 0.0909. The average molecular weight is 239 g/mol. The second kappa shape index (κ2) is 4.62. The van der Waals surface area contributed by atoms with Crippen molar-refractivity contribution < 1.29 is 4.74 Å². The Kier molecular flexibility index (Phi) is 3.19. The Morgan fingerprint density at radius 3 is 3.00 bits per heavy atom.